The van der Waals surface area contributed by atoms with Crippen LogP contribution >= 0.6 is 0 Å². The van der Waals surface area contributed by atoms with Crippen LogP contribution in [-0.2, 0) is 20.7 Å². The molecule has 0 spiro atoms. The first-order chi connectivity index (χ1) is 21.8. The number of phenols is 1. The van der Waals surface area contributed by atoms with Crippen molar-refractivity contribution in [3.8, 4) is 11.5 Å². The number of aromatic hydroxyl groups is 1. The van der Waals surface area contributed by atoms with E-state index in [-0.39, 0.29) is 18.1 Å². The Bertz CT molecular complexity index is 1430. The maximum Gasteiger partial charge on any atom is 0.408 e. The quantitative estimate of drug-likeness (QED) is 0.162. The average Bonchev–Trinajstić information content (AvgIpc) is 2.98. The third kappa shape index (κ3) is 11.1. The van der Waals surface area contributed by atoms with Gasteiger partial charge in [-0.3, -0.25) is 9.59 Å². The molecule has 3 aromatic rings. The van der Waals surface area contributed by atoms with E-state index in [0.717, 1.165) is 36.0 Å². The number of benzene rings is 3. The van der Waals surface area contributed by atoms with Crippen molar-refractivity contribution in [2.24, 2.45) is 0 Å². The van der Waals surface area contributed by atoms with E-state index in [4.69, 9.17) is 9.47 Å². The number of nitrogens with one attached hydrogen (secondary N) is 2. The van der Waals surface area contributed by atoms with Crippen LogP contribution in [0.2, 0.25) is 0 Å². The summed E-state index contributed by atoms with van der Waals surface area (Å²) in [5.41, 5.74) is 3.10. The van der Waals surface area contributed by atoms with E-state index >= 15 is 0 Å². The van der Waals surface area contributed by atoms with Gasteiger partial charge in [0.25, 0.3) is 5.91 Å². The van der Waals surface area contributed by atoms with Crippen LogP contribution in [0.3, 0.4) is 0 Å². The van der Waals surface area contributed by atoms with E-state index in [9.17, 15) is 19.5 Å². The summed E-state index contributed by atoms with van der Waals surface area (Å²) in [7, 11) is 1.58. The fraction of sp³-hybridized carbons (Fsp3) is 0.432. The monoisotopic (exact) mass is 631 g/mol. The van der Waals surface area contributed by atoms with Crippen LogP contribution in [0.5, 0.6) is 11.5 Å². The first-order valence-corrected chi connectivity index (χ1v) is 15.9. The molecule has 0 saturated carbocycles. The molecule has 3 N–H and O–H groups in total. The Hall–Kier alpha value is -4.53. The number of aryl methyl sites for hydroxylation is 2. The smallest absolute Gasteiger partial charge is 0.408 e. The molecule has 0 bridgehead atoms. The minimum Gasteiger partial charge on any atom is -0.508 e. The van der Waals surface area contributed by atoms with Gasteiger partial charge in [-0.15, -0.1) is 0 Å². The highest BCUT2D eigenvalue weighted by atomic mass is 16.6. The fourth-order valence-electron chi connectivity index (χ4n) is 5.32. The number of nitrogens with zero attached hydrogens (tertiary/aromatic N) is 1. The highest BCUT2D eigenvalue weighted by Gasteiger charge is 2.36. The summed E-state index contributed by atoms with van der Waals surface area (Å²) in [6, 6.07) is 17.3. The fourth-order valence-corrected chi connectivity index (χ4v) is 5.32. The van der Waals surface area contributed by atoms with Gasteiger partial charge in [-0.1, -0.05) is 67.6 Å². The lowest BCUT2D eigenvalue weighted by Gasteiger charge is -2.35. The molecule has 0 aliphatic carbocycles. The number of rotatable bonds is 14. The van der Waals surface area contributed by atoms with Crippen LogP contribution in [0.1, 0.15) is 81.7 Å². The molecule has 46 heavy (non-hydrogen) atoms. The molecule has 0 radical (unpaired) electrons. The average molecular weight is 632 g/mol. The number of hydrogen-bond donors (Lipinski definition) is 3. The number of amides is 3. The van der Waals surface area contributed by atoms with Crippen LogP contribution in [-0.4, -0.2) is 53.2 Å². The molecule has 0 fully saturated rings. The van der Waals surface area contributed by atoms with Gasteiger partial charge in [0.05, 0.1) is 7.11 Å². The van der Waals surface area contributed by atoms with Crippen molar-refractivity contribution < 1.29 is 29.0 Å². The molecule has 3 rings (SSSR count). The number of carbonyl (C=O) groups is 3. The minimum atomic E-state index is -1.05. The number of phenolic OH excluding ortho intramolecular Hbond substituents is 1. The van der Waals surface area contributed by atoms with Crippen LogP contribution in [0, 0.1) is 13.8 Å². The molecule has 0 saturated heterocycles. The van der Waals surface area contributed by atoms with Gasteiger partial charge in [0.1, 0.15) is 29.2 Å². The van der Waals surface area contributed by atoms with Crippen LogP contribution in [0.4, 0.5) is 10.5 Å². The Morgan fingerprint density at radius 1 is 0.891 bits per heavy atom. The largest absolute Gasteiger partial charge is 0.508 e. The molecule has 2 unspecified atom stereocenters. The number of anilines is 1. The molecule has 0 aromatic heterocycles. The summed E-state index contributed by atoms with van der Waals surface area (Å²) in [5, 5.41) is 15.6. The number of unbranched alkanes of at least 4 members (excludes halogenated alkanes) is 3. The summed E-state index contributed by atoms with van der Waals surface area (Å²) in [5.74, 6) is -0.0413. The summed E-state index contributed by atoms with van der Waals surface area (Å²) in [4.78, 5) is 43.6. The third-order valence-corrected chi connectivity index (χ3v) is 7.38. The third-order valence-electron chi connectivity index (χ3n) is 7.38. The first-order valence-electron chi connectivity index (χ1n) is 15.9. The molecule has 248 valence electrons. The van der Waals surface area contributed by atoms with Crippen molar-refractivity contribution in [1.29, 1.82) is 0 Å². The molecule has 0 aliphatic rings. The van der Waals surface area contributed by atoms with Crippen LogP contribution < -0.4 is 15.4 Å². The Kier molecular flexibility index (Phi) is 13.0. The second-order valence-corrected chi connectivity index (χ2v) is 12.7. The number of carbonyl (C=O) groups excluding carboxylic acids is 3. The topological polar surface area (TPSA) is 117 Å². The van der Waals surface area contributed by atoms with Crippen molar-refractivity contribution in [3.05, 3.63) is 89.0 Å². The summed E-state index contributed by atoms with van der Waals surface area (Å²) in [6.45, 7) is 11.6. The molecule has 3 aromatic carbocycles. The predicted molar refractivity (Wildman–Crippen MR) is 181 cm³/mol. The molecule has 0 heterocycles. The zero-order valence-corrected chi connectivity index (χ0v) is 28.2. The molecule has 9 heteroatoms. The van der Waals surface area contributed by atoms with E-state index in [2.05, 4.69) is 17.6 Å². The second-order valence-electron chi connectivity index (χ2n) is 12.7. The number of alkyl carbamates (subject to hydrolysis) is 1. The van der Waals surface area contributed by atoms with Gasteiger partial charge in [0.15, 0.2) is 0 Å². The molecule has 9 nitrogen and oxygen atoms in total. The van der Waals surface area contributed by atoms with Gasteiger partial charge >= 0.3 is 6.09 Å². The van der Waals surface area contributed by atoms with Gasteiger partial charge in [-0.05, 0) is 88.6 Å². The van der Waals surface area contributed by atoms with Gasteiger partial charge in [-0.25, -0.2) is 4.79 Å². The van der Waals surface area contributed by atoms with Crippen molar-refractivity contribution >= 4 is 23.6 Å². The summed E-state index contributed by atoms with van der Waals surface area (Å²) < 4.78 is 10.8. The molecular weight excluding hydrogens is 582 g/mol. The number of hydrogen-bond acceptors (Lipinski definition) is 6. The molecular formula is C37H49N3O6. The van der Waals surface area contributed by atoms with Crippen molar-refractivity contribution in [2.45, 2.75) is 91.3 Å². The van der Waals surface area contributed by atoms with Crippen molar-refractivity contribution in [3.63, 3.8) is 0 Å². The van der Waals surface area contributed by atoms with Crippen LogP contribution in [0.15, 0.2) is 66.7 Å². The zero-order valence-electron chi connectivity index (χ0n) is 28.2. The lowest BCUT2D eigenvalue weighted by atomic mass is 9.97. The molecule has 2 atom stereocenters. The molecule has 0 aliphatic heterocycles. The van der Waals surface area contributed by atoms with Crippen molar-refractivity contribution in [2.75, 3.05) is 19.0 Å². The van der Waals surface area contributed by atoms with Gasteiger partial charge in [0, 0.05) is 18.7 Å². The maximum atomic E-state index is 14.7. The summed E-state index contributed by atoms with van der Waals surface area (Å²) in [6.07, 6.45) is 2.94. The maximum absolute atomic E-state index is 14.7. The first kappa shape index (κ1) is 35.9. The van der Waals surface area contributed by atoms with E-state index in [1.165, 1.54) is 12.1 Å². The Morgan fingerprint density at radius 3 is 2.09 bits per heavy atom. The van der Waals surface area contributed by atoms with E-state index < -0.39 is 29.7 Å². The van der Waals surface area contributed by atoms with E-state index in [1.807, 2.05) is 32.0 Å². The van der Waals surface area contributed by atoms with E-state index in [1.54, 1.807) is 69.2 Å². The van der Waals surface area contributed by atoms with Gasteiger partial charge < -0.3 is 30.1 Å². The van der Waals surface area contributed by atoms with E-state index in [0.29, 0.717) is 30.0 Å². The zero-order chi connectivity index (χ0) is 33.9. The van der Waals surface area contributed by atoms with Gasteiger partial charge in [-0.2, -0.15) is 0 Å². The highest BCUT2D eigenvalue weighted by Crippen LogP contribution is 2.28. The normalized spacial score (nSPS) is 12.5. The van der Waals surface area contributed by atoms with Crippen molar-refractivity contribution in [1.82, 2.24) is 10.2 Å². The predicted octanol–water partition coefficient (Wildman–Crippen LogP) is 7.24. The summed E-state index contributed by atoms with van der Waals surface area (Å²) >= 11 is 0. The van der Waals surface area contributed by atoms with Gasteiger partial charge in [0.2, 0.25) is 5.91 Å². The molecule has 3 amide bonds. The Balaban J connectivity index is 2.10. The lowest BCUT2D eigenvalue weighted by molar-refractivity contribution is -0.140. The Labute approximate surface area is 273 Å². The second kappa shape index (κ2) is 16.7. The lowest BCUT2D eigenvalue weighted by Crippen LogP contribution is -2.53. The standard InChI is InChI=1S/C37H49N3O6/c1-8-9-10-11-20-40(35(43)32(39-36(44)46-37(4,5)6)24-27-12-16-30(41)17-13-27)33(28-22-25(2)21-26(3)23-28)34(42)38-29-14-18-31(45-7)19-15-29/h12-19,21-23,32-33,41H,8-11,20,24H2,1-7H3,(H,38,42)(H,39,44). The minimum absolute atomic E-state index is 0.0920. The number of ether oxygens (including phenoxy) is 2. The highest BCUT2D eigenvalue weighted by molar-refractivity contribution is 5.99. The Morgan fingerprint density at radius 2 is 1.52 bits per heavy atom. The van der Waals surface area contributed by atoms with Crippen LogP contribution in [0.25, 0.3) is 0 Å². The number of methoxy groups -OCH3 is 1. The SMILES string of the molecule is CCCCCCN(C(=O)C(Cc1ccc(O)cc1)NC(=O)OC(C)(C)C)C(C(=O)Nc1ccc(OC)cc1)c1cc(C)cc(C)c1.